The highest BCUT2D eigenvalue weighted by molar-refractivity contribution is 6.33. The zero-order chi connectivity index (χ0) is 14.9. The summed E-state index contributed by atoms with van der Waals surface area (Å²) in [6.07, 6.45) is -1.63. The van der Waals surface area contributed by atoms with Gasteiger partial charge in [-0.2, -0.15) is 0 Å². The molecule has 2 aromatic carbocycles. The van der Waals surface area contributed by atoms with Crippen molar-refractivity contribution in [3.05, 3.63) is 69.0 Å². The van der Waals surface area contributed by atoms with Crippen molar-refractivity contribution in [1.82, 2.24) is 0 Å². The van der Waals surface area contributed by atoms with E-state index in [9.17, 15) is 18.3 Å². The van der Waals surface area contributed by atoms with Crippen LogP contribution in [0.3, 0.4) is 0 Å². The normalized spacial score (nSPS) is 12.5. The molecule has 1 nitrogen and oxygen atoms in total. The lowest BCUT2D eigenvalue weighted by Gasteiger charge is -2.14. The number of aliphatic hydroxyl groups excluding tert-OH is 1. The molecule has 1 atom stereocenters. The summed E-state index contributed by atoms with van der Waals surface area (Å²) in [6.45, 7) is 0. The van der Waals surface area contributed by atoms with Crippen molar-refractivity contribution >= 4 is 23.2 Å². The first-order chi connectivity index (χ1) is 9.38. The monoisotopic (exact) mass is 320 g/mol. The Balaban J connectivity index is 2.33. The van der Waals surface area contributed by atoms with E-state index in [1.165, 1.54) is 12.1 Å². The summed E-state index contributed by atoms with van der Waals surface area (Å²) in [5.41, 5.74) is -0.155. The minimum absolute atomic E-state index is 0.140. The molecular formula is C14H9Cl2F3O. The fourth-order valence-corrected chi connectivity index (χ4v) is 2.27. The van der Waals surface area contributed by atoms with Gasteiger partial charge in [0.25, 0.3) is 0 Å². The lowest BCUT2D eigenvalue weighted by Crippen LogP contribution is -2.08. The van der Waals surface area contributed by atoms with Gasteiger partial charge in [-0.05, 0) is 23.8 Å². The van der Waals surface area contributed by atoms with Gasteiger partial charge in [0.05, 0.1) is 11.7 Å². The van der Waals surface area contributed by atoms with E-state index < -0.39 is 29.1 Å². The first-order valence-corrected chi connectivity index (χ1v) is 6.40. The maximum absolute atomic E-state index is 13.5. The summed E-state index contributed by atoms with van der Waals surface area (Å²) in [7, 11) is 0. The number of rotatable bonds is 3. The second kappa shape index (κ2) is 6.04. The molecule has 0 fully saturated rings. The highest BCUT2D eigenvalue weighted by Crippen LogP contribution is 2.29. The summed E-state index contributed by atoms with van der Waals surface area (Å²) in [4.78, 5) is 0. The van der Waals surface area contributed by atoms with Crippen LogP contribution in [-0.4, -0.2) is 5.11 Å². The van der Waals surface area contributed by atoms with Gasteiger partial charge >= 0.3 is 0 Å². The molecule has 1 N–H and O–H groups in total. The van der Waals surface area contributed by atoms with Crippen LogP contribution in [-0.2, 0) is 6.42 Å². The van der Waals surface area contributed by atoms with Crippen LogP contribution in [0.4, 0.5) is 13.2 Å². The van der Waals surface area contributed by atoms with Crippen molar-refractivity contribution in [3.8, 4) is 0 Å². The molecule has 0 amide bonds. The standard InChI is InChI=1S/C14H9Cl2F3O/c15-8-1-2-10(16)7(3-8)4-13(20)14-11(18)5-9(17)6-12(14)19/h1-3,5-6,13,20H,4H2. The molecular weight excluding hydrogens is 312 g/mol. The third-order valence-electron chi connectivity index (χ3n) is 2.80. The molecule has 0 aromatic heterocycles. The molecule has 0 aliphatic rings. The minimum Gasteiger partial charge on any atom is -0.388 e. The molecule has 2 rings (SSSR count). The van der Waals surface area contributed by atoms with E-state index in [2.05, 4.69) is 0 Å². The van der Waals surface area contributed by atoms with Crippen LogP contribution in [0.15, 0.2) is 30.3 Å². The molecule has 0 radical (unpaired) electrons. The van der Waals surface area contributed by atoms with Crippen molar-refractivity contribution in [2.45, 2.75) is 12.5 Å². The van der Waals surface area contributed by atoms with E-state index in [4.69, 9.17) is 23.2 Å². The van der Waals surface area contributed by atoms with Gasteiger partial charge in [0, 0.05) is 28.6 Å². The summed E-state index contributed by atoms with van der Waals surface area (Å²) in [6, 6.07) is 5.59. The molecule has 6 heteroatoms. The van der Waals surface area contributed by atoms with Gasteiger partial charge in [-0.3, -0.25) is 0 Å². The third kappa shape index (κ3) is 3.26. The van der Waals surface area contributed by atoms with Crippen LogP contribution >= 0.6 is 23.2 Å². The summed E-state index contributed by atoms with van der Waals surface area (Å²) in [5, 5.41) is 10.6. The van der Waals surface area contributed by atoms with Crippen molar-refractivity contribution in [1.29, 1.82) is 0 Å². The van der Waals surface area contributed by atoms with Crippen LogP contribution in [0.25, 0.3) is 0 Å². The molecule has 0 aliphatic carbocycles. The maximum Gasteiger partial charge on any atom is 0.134 e. The van der Waals surface area contributed by atoms with Gasteiger partial charge in [0.2, 0.25) is 0 Å². The van der Waals surface area contributed by atoms with Crippen LogP contribution in [0.1, 0.15) is 17.2 Å². The van der Waals surface area contributed by atoms with Gasteiger partial charge < -0.3 is 5.11 Å². The van der Waals surface area contributed by atoms with Crippen molar-refractivity contribution < 1.29 is 18.3 Å². The third-order valence-corrected chi connectivity index (χ3v) is 3.40. The Morgan fingerprint density at radius 3 is 2.20 bits per heavy atom. The predicted molar refractivity (Wildman–Crippen MR) is 71.4 cm³/mol. The van der Waals surface area contributed by atoms with Crippen LogP contribution in [0.2, 0.25) is 10.0 Å². The van der Waals surface area contributed by atoms with Gasteiger partial charge in [-0.25, -0.2) is 13.2 Å². The minimum atomic E-state index is -1.49. The van der Waals surface area contributed by atoms with Crippen molar-refractivity contribution in [2.75, 3.05) is 0 Å². The highest BCUT2D eigenvalue weighted by atomic mass is 35.5. The fourth-order valence-electron chi connectivity index (χ4n) is 1.88. The maximum atomic E-state index is 13.5. The number of aliphatic hydroxyl groups is 1. The van der Waals surface area contributed by atoms with Crippen molar-refractivity contribution in [3.63, 3.8) is 0 Å². The second-order valence-corrected chi connectivity index (χ2v) is 5.08. The van der Waals surface area contributed by atoms with Crippen LogP contribution < -0.4 is 0 Å². The van der Waals surface area contributed by atoms with E-state index >= 15 is 0 Å². The smallest absolute Gasteiger partial charge is 0.134 e. The zero-order valence-corrected chi connectivity index (χ0v) is 11.5. The first-order valence-electron chi connectivity index (χ1n) is 5.65. The largest absolute Gasteiger partial charge is 0.388 e. The Bertz CT molecular complexity index is 623. The molecule has 0 aliphatic heterocycles. The predicted octanol–water partition coefficient (Wildman–Crippen LogP) is 4.69. The fraction of sp³-hybridized carbons (Fsp3) is 0.143. The second-order valence-electron chi connectivity index (χ2n) is 4.24. The van der Waals surface area contributed by atoms with E-state index in [1.807, 2.05) is 0 Å². The Labute approximate surface area is 123 Å². The summed E-state index contributed by atoms with van der Waals surface area (Å²) < 4.78 is 39.9. The van der Waals surface area contributed by atoms with Gasteiger partial charge in [0.15, 0.2) is 0 Å². The molecule has 0 saturated heterocycles. The van der Waals surface area contributed by atoms with Gasteiger partial charge in [-0.1, -0.05) is 23.2 Å². The van der Waals surface area contributed by atoms with Crippen molar-refractivity contribution in [2.24, 2.45) is 0 Å². The molecule has 2 aromatic rings. The molecule has 106 valence electrons. The van der Waals surface area contributed by atoms with E-state index in [0.29, 0.717) is 27.7 Å². The SMILES string of the molecule is OC(Cc1cc(Cl)ccc1Cl)c1c(F)cc(F)cc1F. The quantitative estimate of drug-likeness (QED) is 0.870. The zero-order valence-electron chi connectivity index (χ0n) is 10.0. The molecule has 0 heterocycles. The first kappa shape index (κ1) is 15.2. The molecule has 1 unspecified atom stereocenters. The van der Waals surface area contributed by atoms with E-state index in [0.717, 1.165) is 0 Å². The number of benzene rings is 2. The lowest BCUT2D eigenvalue weighted by molar-refractivity contribution is 0.168. The Hall–Kier alpha value is -1.23. The number of halogens is 5. The summed E-state index contributed by atoms with van der Waals surface area (Å²) in [5.74, 6) is -3.34. The lowest BCUT2D eigenvalue weighted by atomic mass is 10.0. The summed E-state index contributed by atoms with van der Waals surface area (Å²) >= 11 is 11.7. The van der Waals surface area contributed by atoms with E-state index in [-0.39, 0.29) is 6.42 Å². The Kier molecular flexibility index (Phi) is 4.58. The van der Waals surface area contributed by atoms with Gasteiger partial charge in [-0.15, -0.1) is 0 Å². The molecule has 0 spiro atoms. The topological polar surface area (TPSA) is 20.2 Å². The highest BCUT2D eigenvalue weighted by Gasteiger charge is 2.20. The molecule has 0 bridgehead atoms. The Morgan fingerprint density at radius 2 is 1.60 bits per heavy atom. The average Bonchev–Trinajstić information content (AvgIpc) is 2.32. The number of hydrogen-bond acceptors (Lipinski definition) is 1. The molecule has 20 heavy (non-hydrogen) atoms. The number of hydrogen-bond donors (Lipinski definition) is 1. The van der Waals surface area contributed by atoms with Crippen LogP contribution in [0.5, 0.6) is 0 Å². The van der Waals surface area contributed by atoms with E-state index in [1.54, 1.807) is 6.07 Å². The molecule has 0 saturated carbocycles. The average molecular weight is 321 g/mol. The Morgan fingerprint density at radius 1 is 1.00 bits per heavy atom. The van der Waals surface area contributed by atoms with Gasteiger partial charge in [0.1, 0.15) is 17.5 Å². The van der Waals surface area contributed by atoms with Crippen LogP contribution in [0, 0.1) is 17.5 Å².